The van der Waals surface area contributed by atoms with Crippen molar-refractivity contribution in [1.82, 2.24) is 4.98 Å². The normalized spacial score (nSPS) is 20.9. The van der Waals surface area contributed by atoms with Gasteiger partial charge < -0.3 is 10.0 Å². The van der Waals surface area contributed by atoms with Gasteiger partial charge in [0, 0.05) is 12.7 Å². The number of anilines is 1. The maximum atomic E-state index is 9.31. The van der Waals surface area contributed by atoms with Crippen molar-refractivity contribution in [2.75, 3.05) is 18.1 Å². The lowest BCUT2D eigenvalue weighted by atomic mass is 9.88. The molecule has 0 aromatic carbocycles. The molecule has 0 aliphatic carbocycles. The summed E-state index contributed by atoms with van der Waals surface area (Å²) >= 11 is 0. The van der Waals surface area contributed by atoms with Crippen molar-refractivity contribution in [3.8, 4) is 0 Å². The topological polar surface area (TPSA) is 36.4 Å². The van der Waals surface area contributed by atoms with Gasteiger partial charge in [-0.3, -0.25) is 0 Å². The predicted molar refractivity (Wildman–Crippen MR) is 70.4 cm³/mol. The summed E-state index contributed by atoms with van der Waals surface area (Å²) in [4.78, 5) is 6.75. The quantitative estimate of drug-likeness (QED) is 0.853. The zero-order chi connectivity index (χ0) is 12.5. The highest BCUT2D eigenvalue weighted by Crippen LogP contribution is 2.26. The first-order valence-electron chi connectivity index (χ1n) is 6.36. The van der Waals surface area contributed by atoms with Gasteiger partial charge in [0.15, 0.2) is 0 Å². The summed E-state index contributed by atoms with van der Waals surface area (Å²) in [7, 11) is 0. The molecule has 0 spiro atoms. The summed E-state index contributed by atoms with van der Waals surface area (Å²) in [5, 5.41) is 9.31. The highest BCUT2D eigenvalue weighted by Gasteiger charge is 2.25. The van der Waals surface area contributed by atoms with Gasteiger partial charge in [-0.25, -0.2) is 4.98 Å². The van der Waals surface area contributed by atoms with Crippen LogP contribution in [0.15, 0.2) is 18.3 Å². The van der Waals surface area contributed by atoms with Crippen LogP contribution in [-0.4, -0.2) is 29.3 Å². The molecule has 94 valence electrons. The van der Waals surface area contributed by atoms with E-state index in [0.717, 1.165) is 25.2 Å². The second kappa shape index (κ2) is 4.65. The lowest BCUT2D eigenvalue weighted by Gasteiger charge is -2.25. The first-order valence-corrected chi connectivity index (χ1v) is 6.36. The smallest absolute Gasteiger partial charge is 0.128 e. The predicted octanol–water partition coefficient (Wildman–Crippen LogP) is 2.34. The van der Waals surface area contributed by atoms with E-state index >= 15 is 0 Å². The first-order chi connectivity index (χ1) is 8.02. The zero-order valence-electron chi connectivity index (χ0n) is 11.0. The summed E-state index contributed by atoms with van der Waals surface area (Å²) < 4.78 is 0. The summed E-state index contributed by atoms with van der Waals surface area (Å²) in [6.07, 6.45) is 4.18. The third-order valence-electron chi connectivity index (χ3n) is 3.50. The first kappa shape index (κ1) is 12.4. The Morgan fingerprint density at radius 1 is 1.41 bits per heavy atom. The highest BCUT2D eigenvalue weighted by atomic mass is 16.3. The van der Waals surface area contributed by atoms with E-state index < -0.39 is 0 Å². The summed E-state index contributed by atoms with van der Waals surface area (Å²) in [6, 6.07) is 4.48. The third kappa shape index (κ3) is 2.60. The molecule has 1 aliphatic heterocycles. The molecule has 17 heavy (non-hydrogen) atoms. The molecule has 3 heteroatoms. The molecule has 1 aromatic heterocycles. The monoisotopic (exact) mass is 234 g/mol. The minimum absolute atomic E-state index is 0.146. The zero-order valence-corrected chi connectivity index (χ0v) is 11.0. The molecule has 1 saturated heterocycles. The number of rotatable bonds is 2. The maximum absolute atomic E-state index is 9.31. The molecule has 0 saturated carbocycles. The summed E-state index contributed by atoms with van der Waals surface area (Å²) in [5.41, 5.74) is 1.40. The molecule has 2 rings (SSSR count). The number of aromatic nitrogens is 1. The van der Waals surface area contributed by atoms with E-state index in [1.165, 1.54) is 5.56 Å². The van der Waals surface area contributed by atoms with E-state index in [0.29, 0.717) is 0 Å². The second-order valence-electron chi connectivity index (χ2n) is 5.83. The van der Waals surface area contributed by atoms with Gasteiger partial charge in [-0.05, 0) is 29.9 Å². The van der Waals surface area contributed by atoms with Crippen LogP contribution in [0, 0.1) is 0 Å². The van der Waals surface area contributed by atoms with Crippen LogP contribution in [-0.2, 0) is 5.41 Å². The number of nitrogens with zero attached hydrogens (tertiary/aromatic N) is 2. The van der Waals surface area contributed by atoms with E-state index in [1.54, 1.807) is 0 Å². The molecular weight excluding hydrogens is 212 g/mol. The average Bonchev–Trinajstić information content (AvgIpc) is 2.76. The average molecular weight is 234 g/mol. The lowest BCUT2D eigenvalue weighted by Crippen LogP contribution is -2.32. The Bertz CT molecular complexity index is 367. The summed E-state index contributed by atoms with van der Waals surface area (Å²) in [6.45, 7) is 7.80. The van der Waals surface area contributed by atoms with E-state index in [9.17, 15) is 5.11 Å². The van der Waals surface area contributed by atoms with E-state index in [2.05, 4.69) is 42.8 Å². The van der Waals surface area contributed by atoms with Crippen molar-refractivity contribution in [3.63, 3.8) is 0 Å². The number of hydrogen-bond donors (Lipinski definition) is 1. The molecule has 1 aliphatic rings. The fourth-order valence-electron chi connectivity index (χ4n) is 2.33. The van der Waals surface area contributed by atoms with Gasteiger partial charge in [0.1, 0.15) is 5.82 Å². The van der Waals surface area contributed by atoms with Crippen LogP contribution >= 0.6 is 0 Å². The largest absolute Gasteiger partial charge is 0.394 e. The van der Waals surface area contributed by atoms with Crippen LogP contribution in [0.5, 0.6) is 0 Å². The van der Waals surface area contributed by atoms with Crippen molar-refractivity contribution < 1.29 is 5.11 Å². The van der Waals surface area contributed by atoms with Crippen molar-refractivity contribution in [2.24, 2.45) is 0 Å². The van der Waals surface area contributed by atoms with Crippen LogP contribution in [0.25, 0.3) is 0 Å². The Hall–Kier alpha value is -1.09. The molecule has 3 nitrogen and oxygen atoms in total. The van der Waals surface area contributed by atoms with Crippen LogP contribution in [0.3, 0.4) is 0 Å². The Balaban J connectivity index is 2.18. The molecule has 0 amide bonds. The number of aliphatic hydroxyl groups is 1. The Morgan fingerprint density at radius 2 is 2.18 bits per heavy atom. The van der Waals surface area contributed by atoms with Crippen LogP contribution in [0.4, 0.5) is 5.82 Å². The fraction of sp³-hybridized carbons (Fsp3) is 0.643. The van der Waals surface area contributed by atoms with Crippen LogP contribution in [0.2, 0.25) is 0 Å². The standard InChI is InChI=1S/C14H22N2O/c1-14(2,3)11-6-7-13(15-9-11)16-8-4-5-12(16)10-17/h6-7,9,12,17H,4-5,8,10H2,1-3H3/t12-/m1/s1. The molecule has 1 atom stereocenters. The van der Waals surface area contributed by atoms with E-state index in [4.69, 9.17) is 0 Å². The minimum Gasteiger partial charge on any atom is -0.394 e. The second-order valence-corrected chi connectivity index (χ2v) is 5.83. The van der Waals surface area contributed by atoms with Gasteiger partial charge in [0.05, 0.1) is 12.6 Å². The Labute approximate surface area is 103 Å². The molecular formula is C14H22N2O. The highest BCUT2D eigenvalue weighted by molar-refractivity contribution is 5.42. The molecule has 1 aromatic rings. The molecule has 1 fully saturated rings. The van der Waals surface area contributed by atoms with Gasteiger partial charge >= 0.3 is 0 Å². The van der Waals surface area contributed by atoms with Crippen LogP contribution in [0.1, 0.15) is 39.2 Å². The molecule has 0 bridgehead atoms. The van der Waals surface area contributed by atoms with Gasteiger partial charge in [-0.1, -0.05) is 26.8 Å². The van der Waals surface area contributed by atoms with Crippen molar-refractivity contribution in [1.29, 1.82) is 0 Å². The van der Waals surface area contributed by atoms with Gasteiger partial charge in [-0.15, -0.1) is 0 Å². The van der Waals surface area contributed by atoms with Gasteiger partial charge in [0.2, 0.25) is 0 Å². The molecule has 0 unspecified atom stereocenters. The molecule has 2 heterocycles. The van der Waals surface area contributed by atoms with Crippen molar-refractivity contribution >= 4 is 5.82 Å². The SMILES string of the molecule is CC(C)(C)c1ccc(N2CCC[C@@H]2CO)nc1. The minimum atomic E-state index is 0.146. The molecule has 1 N–H and O–H groups in total. The maximum Gasteiger partial charge on any atom is 0.128 e. The van der Waals surface area contributed by atoms with E-state index in [-0.39, 0.29) is 18.1 Å². The molecule has 0 radical (unpaired) electrons. The van der Waals surface area contributed by atoms with E-state index in [1.807, 2.05) is 6.20 Å². The lowest BCUT2D eigenvalue weighted by molar-refractivity contribution is 0.266. The Morgan fingerprint density at radius 3 is 2.71 bits per heavy atom. The van der Waals surface area contributed by atoms with Crippen LogP contribution < -0.4 is 4.90 Å². The third-order valence-corrected chi connectivity index (χ3v) is 3.50. The van der Waals surface area contributed by atoms with Gasteiger partial charge in [0.25, 0.3) is 0 Å². The summed E-state index contributed by atoms with van der Waals surface area (Å²) in [5.74, 6) is 0.995. The number of aliphatic hydroxyl groups excluding tert-OH is 1. The fourth-order valence-corrected chi connectivity index (χ4v) is 2.33. The number of pyridine rings is 1. The van der Waals surface area contributed by atoms with Crippen molar-refractivity contribution in [2.45, 2.75) is 45.1 Å². The Kier molecular flexibility index (Phi) is 3.38. The number of hydrogen-bond acceptors (Lipinski definition) is 3. The van der Waals surface area contributed by atoms with Gasteiger partial charge in [-0.2, -0.15) is 0 Å². The van der Waals surface area contributed by atoms with Crippen molar-refractivity contribution in [3.05, 3.63) is 23.9 Å².